The fourth-order valence-electron chi connectivity index (χ4n) is 2.89. The number of nitrogens with one attached hydrogen (secondary N) is 1. The van der Waals surface area contributed by atoms with Crippen LogP contribution in [0.3, 0.4) is 0 Å². The predicted octanol–water partition coefficient (Wildman–Crippen LogP) is 3.97. The highest BCUT2D eigenvalue weighted by Gasteiger charge is 2.35. The van der Waals surface area contributed by atoms with Crippen LogP contribution in [-0.4, -0.2) is 28.6 Å². The van der Waals surface area contributed by atoms with Crippen LogP contribution < -0.4 is 5.32 Å². The molecule has 112 valence electrons. The van der Waals surface area contributed by atoms with Gasteiger partial charge in [-0.15, -0.1) is 11.3 Å². The number of rotatable bonds is 6. The Morgan fingerprint density at radius 1 is 1.43 bits per heavy atom. The lowest BCUT2D eigenvalue weighted by atomic mass is 9.84. The molecule has 0 radical (unpaired) electrons. The maximum absolute atomic E-state index is 11.5. The number of carboxylic acids is 1. The Hall–Kier alpha value is -1.04. The van der Waals surface area contributed by atoms with Gasteiger partial charge in [-0.05, 0) is 36.1 Å². The average molecular weight is 321 g/mol. The van der Waals surface area contributed by atoms with Crippen LogP contribution in [-0.2, 0) is 6.54 Å². The number of benzene rings is 1. The van der Waals surface area contributed by atoms with Gasteiger partial charge in [-0.2, -0.15) is 11.8 Å². The molecule has 0 amide bonds. The Labute approximate surface area is 132 Å². The Bertz CT molecular complexity index is 656. The second-order valence-corrected chi connectivity index (χ2v) is 7.88. The molecule has 1 aromatic carbocycles. The summed E-state index contributed by atoms with van der Waals surface area (Å²) in [6.07, 6.45) is 6.00. The van der Waals surface area contributed by atoms with Crippen molar-refractivity contribution in [2.75, 3.05) is 12.8 Å². The summed E-state index contributed by atoms with van der Waals surface area (Å²) in [5.74, 6) is -0.823. The third kappa shape index (κ3) is 2.82. The van der Waals surface area contributed by atoms with Gasteiger partial charge in [0.1, 0.15) is 4.88 Å². The van der Waals surface area contributed by atoms with E-state index in [1.807, 2.05) is 36.0 Å². The van der Waals surface area contributed by atoms with Crippen LogP contribution in [0.2, 0.25) is 0 Å². The lowest BCUT2D eigenvalue weighted by molar-refractivity contribution is 0.0701. The summed E-state index contributed by atoms with van der Waals surface area (Å²) >= 11 is 3.30. The first kappa shape index (κ1) is 14.9. The van der Waals surface area contributed by atoms with Gasteiger partial charge in [0.25, 0.3) is 0 Å². The first-order chi connectivity index (χ1) is 10.2. The Kier molecular flexibility index (Phi) is 4.24. The van der Waals surface area contributed by atoms with Gasteiger partial charge in [0, 0.05) is 22.5 Å². The van der Waals surface area contributed by atoms with Crippen molar-refractivity contribution in [3.63, 3.8) is 0 Å². The summed E-state index contributed by atoms with van der Waals surface area (Å²) in [7, 11) is 0. The third-order valence-electron chi connectivity index (χ3n) is 4.34. The molecule has 2 aromatic rings. The minimum Gasteiger partial charge on any atom is -0.477 e. The van der Waals surface area contributed by atoms with Crippen molar-refractivity contribution in [1.82, 2.24) is 5.32 Å². The summed E-state index contributed by atoms with van der Waals surface area (Å²) in [5, 5.41) is 14.0. The molecular formula is C16H19NO2S2. The van der Waals surface area contributed by atoms with Crippen LogP contribution in [0.15, 0.2) is 24.3 Å². The zero-order valence-electron chi connectivity index (χ0n) is 12.0. The predicted molar refractivity (Wildman–Crippen MR) is 90.6 cm³/mol. The molecule has 1 aromatic heterocycles. The maximum Gasteiger partial charge on any atom is 0.346 e. The van der Waals surface area contributed by atoms with Crippen molar-refractivity contribution in [2.24, 2.45) is 0 Å². The first-order valence-corrected chi connectivity index (χ1v) is 9.19. The number of carbonyl (C=O) groups is 1. The number of hydrogen-bond acceptors (Lipinski definition) is 4. The van der Waals surface area contributed by atoms with E-state index in [0.717, 1.165) is 22.2 Å². The van der Waals surface area contributed by atoms with Crippen LogP contribution in [0.25, 0.3) is 10.1 Å². The topological polar surface area (TPSA) is 49.3 Å². The summed E-state index contributed by atoms with van der Waals surface area (Å²) < 4.78 is 1.42. The molecule has 3 rings (SSSR count). The van der Waals surface area contributed by atoms with Crippen LogP contribution in [0, 0.1) is 0 Å². The smallest absolute Gasteiger partial charge is 0.346 e. The zero-order valence-corrected chi connectivity index (χ0v) is 13.6. The Morgan fingerprint density at radius 3 is 2.81 bits per heavy atom. The molecule has 5 heteroatoms. The van der Waals surface area contributed by atoms with Crippen LogP contribution in [0.1, 0.15) is 34.5 Å². The molecule has 0 unspecified atom stereocenters. The van der Waals surface area contributed by atoms with Crippen LogP contribution in [0.4, 0.5) is 0 Å². The van der Waals surface area contributed by atoms with Crippen molar-refractivity contribution in [3.8, 4) is 0 Å². The van der Waals surface area contributed by atoms with Gasteiger partial charge in [-0.25, -0.2) is 4.79 Å². The minimum atomic E-state index is -0.823. The van der Waals surface area contributed by atoms with E-state index < -0.39 is 5.97 Å². The quantitative estimate of drug-likeness (QED) is 0.845. The highest BCUT2D eigenvalue weighted by atomic mass is 32.2. The highest BCUT2D eigenvalue weighted by molar-refractivity contribution is 8.00. The van der Waals surface area contributed by atoms with Crippen molar-refractivity contribution < 1.29 is 9.90 Å². The standard InChI is InChI=1S/C16H19NO2S2/c1-20-16(7-4-8-16)10-17-9-12-11-5-2-3-6-13(11)21-14(12)15(18)19/h2-3,5-6,17H,4,7-10H2,1H3,(H,18,19). The zero-order chi connectivity index (χ0) is 14.9. The number of carboxylic acid groups (broad SMARTS) is 1. The molecular weight excluding hydrogens is 302 g/mol. The van der Waals surface area contributed by atoms with E-state index in [2.05, 4.69) is 11.6 Å². The van der Waals surface area contributed by atoms with Gasteiger partial charge in [0.2, 0.25) is 0 Å². The number of hydrogen-bond donors (Lipinski definition) is 2. The SMILES string of the molecule is CSC1(CNCc2c(C(=O)O)sc3ccccc23)CCC1. The number of fused-ring (bicyclic) bond motifs is 1. The minimum absolute atomic E-state index is 0.370. The van der Waals surface area contributed by atoms with Crippen LogP contribution >= 0.6 is 23.1 Å². The monoisotopic (exact) mass is 321 g/mol. The molecule has 2 N–H and O–H groups in total. The lowest BCUT2D eigenvalue weighted by Gasteiger charge is -2.40. The van der Waals surface area contributed by atoms with E-state index in [9.17, 15) is 9.90 Å². The van der Waals surface area contributed by atoms with E-state index in [1.54, 1.807) is 0 Å². The fourth-order valence-corrected chi connectivity index (χ4v) is 4.89. The van der Waals surface area contributed by atoms with Gasteiger partial charge in [-0.1, -0.05) is 24.6 Å². The molecule has 0 atom stereocenters. The summed E-state index contributed by atoms with van der Waals surface area (Å²) in [4.78, 5) is 11.9. The van der Waals surface area contributed by atoms with Gasteiger partial charge in [-0.3, -0.25) is 0 Å². The van der Waals surface area contributed by atoms with Crippen molar-refractivity contribution >= 4 is 39.2 Å². The molecule has 1 heterocycles. The van der Waals surface area contributed by atoms with Crippen LogP contribution in [0.5, 0.6) is 0 Å². The summed E-state index contributed by atoms with van der Waals surface area (Å²) in [6.45, 7) is 1.59. The second-order valence-electron chi connectivity index (χ2n) is 5.56. The van der Waals surface area contributed by atoms with Gasteiger partial charge in [0.05, 0.1) is 0 Å². The van der Waals surface area contributed by atoms with Gasteiger partial charge in [0.15, 0.2) is 0 Å². The average Bonchev–Trinajstić information content (AvgIpc) is 2.81. The first-order valence-electron chi connectivity index (χ1n) is 7.15. The van der Waals surface area contributed by atoms with Gasteiger partial charge < -0.3 is 10.4 Å². The molecule has 3 nitrogen and oxygen atoms in total. The molecule has 0 bridgehead atoms. The fraction of sp³-hybridized carbons (Fsp3) is 0.438. The highest BCUT2D eigenvalue weighted by Crippen LogP contribution is 2.42. The molecule has 21 heavy (non-hydrogen) atoms. The number of thiophene rings is 1. The van der Waals surface area contributed by atoms with E-state index in [4.69, 9.17) is 0 Å². The molecule has 1 fully saturated rings. The van der Waals surface area contributed by atoms with E-state index in [-0.39, 0.29) is 0 Å². The van der Waals surface area contributed by atoms with Crippen molar-refractivity contribution in [3.05, 3.63) is 34.7 Å². The largest absolute Gasteiger partial charge is 0.477 e. The molecule has 1 aliphatic carbocycles. The molecule has 1 saturated carbocycles. The van der Waals surface area contributed by atoms with E-state index in [0.29, 0.717) is 16.2 Å². The van der Waals surface area contributed by atoms with E-state index >= 15 is 0 Å². The molecule has 1 aliphatic rings. The second kappa shape index (κ2) is 5.99. The Morgan fingerprint density at radius 2 is 2.19 bits per heavy atom. The normalized spacial score (nSPS) is 16.8. The molecule has 0 spiro atoms. The van der Waals surface area contributed by atoms with Crippen molar-refractivity contribution in [2.45, 2.75) is 30.6 Å². The summed E-state index contributed by atoms with van der Waals surface area (Å²) in [6, 6.07) is 7.94. The van der Waals surface area contributed by atoms with Gasteiger partial charge >= 0.3 is 5.97 Å². The molecule has 0 saturated heterocycles. The van der Waals surface area contributed by atoms with Crippen molar-refractivity contribution in [1.29, 1.82) is 0 Å². The third-order valence-corrected chi connectivity index (χ3v) is 6.96. The van der Waals surface area contributed by atoms with E-state index in [1.165, 1.54) is 30.6 Å². The maximum atomic E-state index is 11.5. The number of thioether (sulfide) groups is 1. The Balaban J connectivity index is 1.79. The lowest BCUT2D eigenvalue weighted by Crippen LogP contribution is -2.43. The summed E-state index contributed by atoms with van der Waals surface area (Å²) in [5.41, 5.74) is 0.929. The number of aromatic carboxylic acids is 1. The molecule has 0 aliphatic heterocycles.